The molecule has 0 spiro atoms. The number of carbonyl (C=O) groups excluding carboxylic acids is 1. The summed E-state index contributed by atoms with van der Waals surface area (Å²) in [7, 11) is 1.64. The molecule has 0 bridgehead atoms. The van der Waals surface area contributed by atoms with Gasteiger partial charge in [0.15, 0.2) is 0 Å². The van der Waals surface area contributed by atoms with E-state index < -0.39 is 5.97 Å². The third kappa shape index (κ3) is 3.92. The van der Waals surface area contributed by atoms with E-state index in [2.05, 4.69) is 10.4 Å². The average Bonchev–Trinajstić information content (AvgIpc) is 2.99. The molecular weight excluding hydrogens is 318 g/mol. The molecule has 1 amide bonds. The molecule has 0 aliphatic carbocycles. The summed E-state index contributed by atoms with van der Waals surface area (Å²) in [5.74, 6) is -1.38. The molecular formula is C19H17N3O3. The van der Waals surface area contributed by atoms with E-state index in [1.165, 1.54) is 17.0 Å². The fourth-order valence-corrected chi connectivity index (χ4v) is 2.56. The number of rotatable bonds is 5. The predicted molar refractivity (Wildman–Crippen MR) is 95.0 cm³/mol. The van der Waals surface area contributed by atoms with Gasteiger partial charge in [-0.05, 0) is 28.5 Å². The summed E-state index contributed by atoms with van der Waals surface area (Å²) in [6.07, 6.45) is 4.56. The minimum absolute atomic E-state index is 0.0589. The van der Waals surface area contributed by atoms with Crippen LogP contribution in [-0.2, 0) is 18.4 Å². The van der Waals surface area contributed by atoms with Crippen molar-refractivity contribution in [1.82, 2.24) is 15.1 Å². The summed E-state index contributed by atoms with van der Waals surface area (Å²) < 4.78 is 1.41. The first kappa shape index (κ1) is 16.4. The summed E-state index contributed by atoms with van der Waals surface area (Å²) in [5.41, 5.74) is 1.32. The van der Waals surface area contributed by atoms with Gasteiger partial charge in [0, 0.05) is 19.3 Å². The first-order valence-corrected chi connectivity index (χ1v) is 7.73. The Kier molecular flexibility index (Phi) is 4.61. The minimum Gasteiger partial charge on any atom is -0.478 e. The fourth-order valence-electron chi connectivity index (χ4n) is 2.56. The summed E-state index contributed by atoms with van der Waals surface area (Å²) in [6.45, 7) is 0.0589. The van der Waals surface area contributed by atoms with Gasteiger partial charge in [-0.2, -0.15) is 5.10 Å². The average molecular weight is 335 g/mol. The van der Waals surface area contributed by atoms with Gasteiger partial charge < -0.3 is 10.4 Å². The highest BCUT2D eigenvalue weighted by molar-refractivity contribution is 5.93. The quantitative estimate of drug-likeness (QED) is 0.702. The Hall–Kier alpha value is -3.41. The molecule has 126 valence electrons. The van der Waals surface area contributed by atoms with Gasteiger partial charge in [0.25, 0.3) is 0 Å². The number of hydrogen-bond donors (Lipinski definition) is 2. The Bertz CT molecular complexity index is 973. The number of carboxylic acid groups (broad SMARTS) is 1. The highest BCUT2D eigenvalue weighted by atomic mass is 16.4. The molecule has 1 heterocycles. The standard InChI is InChI=1S/C19H17N3O3/c1-22-12-16(19(24)25)17(21-22)11-20-18(23)9-7-13-6-8-14-4-2-3-5-15(14)10-13/h2-10,12H,11H2,1H3,(H,20,23)(H,24,25)/b9-7+. The van der Waals surface area contributed by atoms with Crippen LogP contribution in [0.25, 0.3) is 16.8 Å². The summed E-state index contributed by atoms with van der Waals surface area (Å²) in [6, 6.07) is 13.9. The van der Waals surface area contributed by atoms with Crippen LogP contribution in [0.3, 0.4) is 0 Å². The zero-order valence-electron chi connectivity index (χ0n) is 13.6. The molecule has 3 aromatic rings. The van der Waals surface area contributed by atoms with Crippen molar-refractivity contribution in [2.75, 3.05) is 0 Å². The molecule has 0 atom stereocenters. The Morgan fingerprint density at radius 1 is 1.20 bits per heavy atom. The molecule has 2 aromatic carbocycles. The van der Waals surface area contributed by atoms with E-state index in [0.29, 0.717) is 5.69 Å². The molecule has 6 heteroatoms. The number of hydrogen-bond acceptors (Lipinski definition) is 3. The summed E-state index contributed by atoms with van der Waals surface area (Å²) >= 11 is 0. The van der Waals surface area contributed by atoms with E-state index in [-0.39, 0.29) is 18.0 Å². The molecule has 0 aliphatic rings. The van der Waals surface area contributed by atoms with Gasteiger partial charge in [-0.3, -0.25) is 9.48 Å². The van der Waals surface area contributed by atoms with Crippen molar-refractivity contribution < 1.29 is 14.7 Å². The number of benzene rings is 2. The van der Waals surface area contributed by atoms with Crippen LogP contribution in [0.1, 0.15) is 21.6 Å². The van der Waals surface area contributed by atoms with Crippen LogP contribution in [0.15, 0.2) is 54.7 Å². The highest BCUT2D eigenvalue weighted by Crippen LogP contribution is 2.16. The van der Waals surface area contributed by atoms with E-state index in [1.54, 1.807) is 13.1 Å². The lowest BCUT2D eigenvalue weighted by molar-refractivity contribution is -0.116. The van der Waals surface area contributed by atoms with Gasteiger partial charge in [-0.25, -0.2) is 4.79 Å². The first-order valence-electron chi connectivity index (χ1n) is 7.73. The maximum absolute atomic E-state index is 12.0. The molecule has 0 unspecified atom stereocenters. The summed E-state index contributed by atoms with van der Waals surface area (Å²) in [5, 5.41) is 18.0. The number of aromatic carboxylic acids is 1. The predicted octanol–water partition coefficient (Wildman–Crippen LogP) is 2.60. The van der Waals surface area contributed by atoms with Crippen molar-refractivity contribution in [3.8, 4) is 0 Å². The Morgan fingerprint density at radius 3 is 2.72 bits per heavy atom. The van der Waals surface area contributed by atoms with E-state index in [0.717, 1.165) is 16.3 Å². The molecule has 0 radical (unpaired) electrons. The fraction of sp³-hybridized carbons (Fsp3) is 0.105. The monoisotopic (exact) mass is 335 g/mol. The van der Waals surface area contributed by atoms with Crippen molar-refractivity contribution in [1.29, 1.82) is 0 Å². The van der Waals surface area contributed by atoms with Crippen molar-refractivity contribution >= 4 is 28.7 Å². The third-order valence-corrected chi connectivity index (χ3v) is 3.77. The number of fused-ring (bicyclic) bond motifs is 1. The van der Waals surface area contributed by atoms with Gasteiger partial charge >= 0.3 is 5.97 Å². The van der Waals surface area contributed by atoms with Crippen molar-refractivity contribution in [3.05, 3.63) is 71.6 Å². The molecule has 0 aliphatic heterocycles. The molecule has 3 rings (SSSR count). The molecule has 2 N–H and O–H groups in total. The van der Waals surface area contributed by atoms with Crippen molar-refractivity contribution in [3.63, 3.8) is 0 Å². The van der Waals surface area contributed by atoms with E-state index in [1.807, 2.05) is 42.5 Å². The first-order chi connectivity index (χ1) is 12.0. The molecule has 0 saturated carbocycles. The Labute approximate surface area is 144 Å². The van der Waals surface area contributed by atoms with E-state index in [4.69, 9.17) is 5.11 Å². The molecule has 0 fully saturated rings. The number of carboxylic acids is 1. The van der Waals surface area contributed by atoms with Crippen LogP contribution in [-0.4, -0.2) is 26.8 Å². The SMILES string of the molecule is Cn1cc(C(=O)O)c(CNC(=O)/C=C/c2ccc3ccccc3c2)n1. The molecule has 0 saturated heterocycles. The van der Waals surface area contributed by atoms with Gasteiger partial charge in [0.05, 0.1) is 12.2 Å². The van der Waals surface area contributed by atoms with Gasteiger partial charge in [-0.1, -0.05) is 36.4 Å². The maximum Gasteiger partial charge on any atom is 0.339 e. The van der Waals surface area contributed by atoms with Crippen molar-refractivity contribution in [2.24, 2.45) is 7.05 Å². The number of aromatic nitrogens is 2. The van der Waals surface area contributed by atoms with Crippen LogP contribution >= 0.6 is 0 Å². The largest absolute Gasteiger partial charge is 0.478 e. The lowest BCUT2D eigenvalue weighted by atomic mass is 10.1. The van der Waals surface area contributed by atoms with E-state index in [9.17, 15) is 9.59 Å². The zero-order chi connectivity index (χ0) is 17.8. The Balaban J connectivity index is 1.65. The van der Waals surface area contributed by atoms with Gasteiger partial charge in [-0.15, -0.1) is 0 Å². The van der Waals surface area contributed by atoms with Crippen LogP contribution in [0, 0.1) is 0 Å². The lowest BCUT2D eigenvalue weighted by Gasteiger charge is -2.01. The topological polar surface area (TPSA) is 84.2 Å². The maximum atomic E-state index is 12.0. The number of aryl methyl sites for hydroxylation is 1. The van der Waals surface area contributed by atoms with Crippen molar-refractivity contribution in [2.45, 2.75) is 6.54 Å². The van der Waals surface area contributed by atoms with Crippen LogP contribution in [0.4, 0.5) is 0 Å². The molecule has 1 aromatic heterocycles. The van der Waals surface area contributed by atoms with Crippen LogP contribution in [0.5, 0.6) is 0 Å². The third-order valence-electron chi connectivity index (χ3n) is 3.77. The minimum atomic E-state index is -1.07. The lowest BCUT2D eigenvalue weighted by Crippen LogP contribution is -2.21. The normalized spacial score (nSPS) is 11.1. The highest BCUT2D eigenvalue weighted by Gasteiger charge is 2.14. The molecule has 25 heavy (non-hydrogen) atoms. The Morgan fingerprint density at radius 2 is 1.96 bits per heavy atom. The smallest absolute Gasteiger partial charge is 0.339 e. The van der Waals surface area contributed by atoms with Crippen LogP contribution < -0.4 is 5.32 Å². The number of nitrogens with zero attached hydrogens (tertiary/aromatic N) is 2. The second-order valence-electron chi connectivity index (χ2n) is 5.63. The number of nitrogens with one attached hydrogen (secondary N) is 1. The van der Waals surface area contributed by atoms with Gasteiger partial charge in [0.2, 0.25) is 5.91 Å². The second kappa shape index (κ2) is 7.00. The number of amides is 1. The molecule has 6 nitrogen and oxygen atoms in total. The van der Waals surface area contributed by atoms with E-state index >= 15 is 0 Å². The van der Waals surface area contributed by atoms with Crippen LogP contribution in [0.2, 0.25) is 0 Å². The van der Waals surface area contributed by atoms with Gasteiger partial charge in [0.1, 0.15) is 5.56 Å². The summed E-state index contributed by atoms with van der Waals surface area (Å²) in [4.78, 5) is 23.1. The second-order valence-corrected chi connectivity index (χ2v) is 5.63. The zero-order valence-corrected chi connectivity index (χ0v) is 13.6. The number of carbonyl (C=O) groups is 2.